The van der Waals surface area contributed by atoms with Crippen molar-refractivity contribution in [2.24, 2.45) is 7.05 Å². The van der Waals surface area contributed by atoms with Gasteiger partial charge >= 0.3 is 5.97 Å². The van der Waals surface area contributed by atoms with Gasteiger partial charge in [0, 0.05) is 24.9 Å². The van der Waals surface area contributed by atoms with Crippen molar-refractivity contribution in [3.63, 3.8) is 0 Å². The lowest BCUT2D eigenvalue weighted by Crippen LogP contribution is -2.05. The molecule has 0 N–H and O–H groups in total. The molecule has 3 aromatic rings. The summed E-state index contributed by atoms with van der Waals surface area (Å²) in [5.41, 5.74) is 1.48. The Hall–Kier alpha value is -3.29. The maximum Gasteiger partial charge on any atom is 0.360 e. The molecule has 25 heavy (non-hydrogen) atoms. The van der Waals surface area contributed by atoms with E-state index in [1.807, 2.05) is 0 Å². The second-order valence-electron chi connectivity index (χ2n) is 5.24. The van der Waals surface area contributed by atoms with Crippen LogP contribution in [0.3, 0.4) is 0 Å². The number of benzene rings is 1. The van der Waals surface area contributed by atoms with Crippen LogP contribution in [0, 0.1) is 0 Å². The molecule has 3 rings (SSSR count). The topological polar surface area (TPSA) is 88.6 Å². The van der Waals surface area contributed by atoms with E-state index in [-0.39, 0.29) is 12.3 Å². The van der Waals surface area contributed by atoms with Crippen LogP contribution in [-0.4, -0.2) is 35.1 Å². The molecule has 0 amide bonds. The van der Waals surface area contributed by atoms with E-state index < -0.39 is 5.97 Å². The fraction of sp³-hybridized carbons (Fsp3) is 0.235. The van der Waals surface area contributed by atoms with Gasteiger partial charge in [0.1, 0.15) is 18.1 Å². The molecule has 0 aliphatic carbocycles. The molecular weight excluding hydrogens is 326 g/mol. The summed E-state index contributed by atoms with van der Waals surface area (Å²) in [6, 6.07) is 6.76. The number of aryl methyl sites for hydroxylation is 1. The van der Waals surface area contributed by atoms with Gasteiger partial charge in [0.05, 0.1) is 26.0 Å². The molecule has 8 heteroatoms. The number of carbonyl (C=O) groups is 1. The Bertz CT molecular complexity index is 884. The summed E-state index contributed by atoms with van der Waals surface area (Å²) in [5, 5.41) is 7.79. The van der Waals surface area contributed by atoms with Gasteiger partial charge in [-0.2, -0.15) is 5.10 Å². The molecule has 2 aromatic heterocycles. The minimum absolute atomic E-state index is 0.0729. The van der Waals surface area contributed by atoms with Crippen molar-refractivity contribution in [3.05, 3.63) is 47.9 Å². The van der Waals surface area contributed by atoms with E-state index in [1.165, 1.54) is 6.07 Å². The fourth-order valence-corrected chi connectivity index (χ4v) is 2.27. The maximum atomic E-state index is 12.1. The highest BCUT2D eigenvalue weighted by Crippen LogP contribution is 2.33. The smallest absolute Gasteiger partial charge is 0.360 e. The van der Waals surface area contributed by atoms with Crippen molar-refractivity contribution in [2.45, 2.75) is 6.61 Å². The molecule has 0 bridgehead atoms. The Morgan fingerprint density at radius 2 is 2.08 bits per heavy atom. The molecule has 0 aliphatic rings. The molecule has 0 saturated carbocycles. The largest absolute Gasteiger partial charge is 0.497 e. The highest BCUT2D eigenvalue weighted by molar-refractivity contribution is 5.88. The second-order valence-corrected chi connectivity index (χ2v) is 5.24. The van der Waals surface area contributed by atoms with Crippen molar-refractivity contribution < 1.29 is 23.5 Å². The SMILES string of the molecule is COc1ccc(OC)c(-c2cc(C(=O)OCc3cnn(C)c3)no2)c1. The first kappa shape index (κ1) is 16.6. The molecule has 0 radical (unpaired) electrons. The van der Waals surface area contributed by atoms with Gasteiger partial charge in [-0.15, -0.1) is 0 Å². The normalized spacial score (nSPS) is 10.5. The molecule has 0 fully saturated rings. The quantitative estimate of drug-likeness (QED) is 0.635. The molecule has 130 valence electrons. The van der Waals surface area contributed by atoms with Crippen LogP contribution in [-0.2, 0) is 18.4 Å². The molecule has 0 saturated heterocycles. The number of hydrogen-bond acceptors (Lipinski definition) is 7. The van der Waals surface area contributed by atoms with E-state index in [9.17, 15) is 4.79 Å². The number of nitrogens with zero attached hydrogens (tertiary/aromatic N) is 3. The predicted molar refractivity (Wildman–Crippen MR) is 87.4 cm³/mol. The maximum absolute atomic E-state index is 12.1. The highest BCUT2D eigenvalue weighted by Gasteiger charge is 2.18. The van der Waals surface area contributed by atoms with Gasteiger partial charge in [-0.3, -0.25) is 4.68 Å². The van der Waals surface area contributed by atoms with Crippen LogP contribution in [0.4, 0.5) is 0 Å². The van der Waals surface area contributed by atoms with Crippen molar-refractivity contribution >= 4 is 5.97 Å². The third-order valence-electron chi connectivity index (χ3n) is 3.52. The first-order valence-electron chi connectivity index (χ1n) is 7.44. The van der Waals surface area contributed by atoms with Gasteiger partial charge in [0.2, 0.25) is 0 Å². The molecule has 8 nitrogen and oxygen atoms in total. The summed E-state index contributed by atoms with van der Waals surface area (Å²) >= 11 is 0. The third kappa shape index (κ3) is 3.63. The molecular formula is C17H17N3O5. The van der Waals surface area contributed by atoms with Crippen LogP contribution in [0.15, 0.2) is 41.2 Å². The Labute approximate surface area is 143 Å². The monoisotopic (exact) mass is 343 g/mol. The summed E-state index contributed by atoms with van der Waals surface area (Å²) in [6.45, 7) is 0.108. The van der Waals surface area contributed by atoms with E-state index in [0.29, 0.717) is 22.8 Å². The minimum Gasteiger partial charge on any atom is -0.497 e. The van der Waals surface area contributed by atoms with E-state index in [2.05, 4.69) is 10.3 Å². The van der Waals surface area contributed by atoms with E-state index in [0.717, 1.165) is 5.56 Å². The number of esters is 1. The van der Waals surface area contributed by atoms with Crippen molar-refractivity contribution in [3.8, 4) is 22.8 Å². The number of ether oxygens (including phenoxy) is 3. The first-order chi connectivity index (χ1) is 12.1. The molecule has 0 spiro atoms. The number of rotatable bonds is 6. The lowest BCUT2D eigenvalue weighted by Gasteiger charge is -2.07. The van der Waals surface area contributed by atoms with E-state index in [4.69, 9.17) is 18.7 Å². The number of carbonyl (C=O) groups excluding carboxylic acids is 1. The van der Waals surface area contributed by atoms with Crippen LogP contribution in [0.2, 0.25) is 0 Å². The molecule has 0 unspecified atom stereocenters. The Kier molecular flexibility index (Phi) is 4.69. The lowest BCUT2D eigenvalue weighted by atomic mass is 10.1. The zero-order chi connectivity index (χ0) is 17.8. The highest BCUT2D eigenvalue weighted by atomic mass is 16.5. The van der Waals surface area contributed by atoms with Crippen LogP contribution in [0.5, 0.6) is 11.5 Å². The summed E-state index contributed by atoms with van der Waals surface area (Å²) in [7, 11) is 4.90. The molecule has 0 atom stereocenters. The standard InChI is InChI=1S/C17H17N3O5/c1-20-9-11(8-18-20)10-24-17(21)14-7-16(25-19-14)13-6-12(22-2)4-5-15(13)23-3/h4-9H,10H2,1-3H3. The Morgan fingerprint density at radius 1 is 1.24 bits per heavy atom. The van der Waals surface area contributed by atoms with Gasteiger partial charge < -0.3 is 18.7 Å². The zero-order valence-corrected chi connectivity index (χ0v) is 14.1. The summed E-state index contributed by atoms with van der Waals surface area (Å²) in [6.07, 6.45) is 3.39. The van der Waals surface area contributed by atoms with Crippen molar-refractivity contribution in [2.75, 3.05) is 14.2 Å². The molecule has 1 aromatic carbocycles. The van der Waals surface area contributed by atoms with Crippen molar-refractivity contribution in [1.82, 2.24) is 14.9 Å². The van der Waals surface area contributed by atoms with Crippen LogP contribution >= 0.6 is 0 Å². The lowest BCUT2D eigenvalue weighted by molar-refractivity contribution is 0.0461. The van der Waals surface area contributed by atoms with Crippen molar-refractivity contribution in [1.29, 1.82) is 0 Å². The van der Waals surface area contributed by atoms with Gasteiger partial charge in [-0.1, -0.05) is 5.16 Å². The van der Waals surface area contributed by atoms with Gasteiger partial charge in [-0.25, -0.2) is 4.79 Å². The summed E-state index contributed by atoms with van der Waals surface area (Å²) < 4.78 is 22.6. The van der Waals surface area contributed by atoms with Crippen LogP contribution in [0.25, 0.3) is 11.3 Å². The fourth-order valence-electron chi connectivity index (χ4n) is 2.27. The zero-order valence-electron chi connectivity index (χ0n) is 14.1. The second kappa shape index (κ2) is 7.08. The number of aromatic nitrogens is 3. The van der Waals surface area contributed by atoms with Crippen LogP contribution < -0.4 is 9.47 Å². The minimum atomic E-state index is -0.583. The molecule has 0 aliphatic heterocycles. The van der Waals surface area contributed by atoms with Gasteiger partial charge in [0.15, 0.2) is 11.5 Å². The molecule has 2 heterocycles. The third-order valence-corrected chi connectivity index (χ3v) is 3.52. The Morgan fingerprint density at radius 3 is 2.76 bits per heavy atom. The first-order valence-corrected chi connectivity index (χ1v) is 7.44. The summed E-state index contributed by atoms with van der Waals surface area (Å²) in [4.78, 5) is 12.1. The number of hydrogen-bond donors (Lipinski definition) is 0. The predicted octanol–water partition coefficient (Wildman–Crippen LogP) is 2.45. The van der Waals surface area contributed by atoms with E-state index >= 15 is 0 Å². The van der Waals surface area contributed by atoms with Gasteiger partial charge in [0.25, 0.3) is 0 Å². The van der Waals surface area contributed by atoms with Gasteiger partial charge in [-0.05, 0) is 18.2 Å². The average molecular weight is 343 g/mol. The van der Waals surface area contributed by atoms with Crippen LogP contribution in [0.1, 0.15) is 16.1 Å². The summed E-state index contributed by atoms with van der Waals surface area (Å²) in [5.74, 6) is 1.00. The Balaban J connectivity index is 1.76. The number of methoxy groups -OCH3 is 2. The average Bonchev–Trinajstić information content (AvgIpc) is 3.28. The van der Waals surface area contributed by atoms with E-state index in [1.54, 1.807) is 56.5 Å².